The molecule has 1 aromatic heterocycles. The van der Waals surface area contributed by atoms with Crippen LogP contribution in [0.5, 0.6) is 11.5 Å². The largest absolute Gasteiger partial charge is 0.496 e. The van der Waals surface area contributed by atoms with Crippen LogP contribution in [0.3, 0.4) is 0 Å². The van der Waals surface area contributed by atoms with E-state index in [0.717, 1.165) is 21.5 Å². The van der Waals surface area contributed by atoms with Gasteiger partial charge in [-0.2, -0.15) is 0 Å². The lowest BCUT2D eigenvalue weighted by molar-refractivity contribution is 0.0977. The van der Waals surface area contributed by atoms with Gasteiger partial charge in [0.2, 0.25) is 0 Å². The standard InChI is InChI=1S/C21H20BrN3O3S2/c1-12(2)28-15-6-4-5-14(9-15)19(26)24-20(29)25-21-23-17(11-30-21)13-7-8-18(27-3)16(22)10-13/h4-12H,1-3H3,(H2,23,24,25,26,29). The van der Waals surface area contributed by atoms with Crippen LogP contribution < -0.4 is 20.1 Å². The quantitative estimate of drug-likeness (QED) is 0.431. The maximum absolute atomic E-state index is 12.5. The lowest BCUT2D eigenvalue weighted by Crippen LogP contribution is -2.34. The van der Waals surface area contributed by atoms with Gasteiger partial charge in [-0.25, -0.2) is 4.98 Å². The number of hydrogen-bond acceptors (Lipinski definition) is 6. The molecule has 0 aliphatic rings. The number of amides is 1. The van der Waals surface area contributed by atoms with Crippen molar-refractivity contribution in [3.63, 3.8) is 0 Å². The Bertz CT molecular complexity index is 1070. The number of halogens is 1. The van der Waals surface area contributed by atoms with E-state index in [1.165, 1.54) is 11.3 Å². The molecule has 0 bridgehead atoms. The third kappa shape index (κ3) is 5.78. The molecule has 156 valence electrons. The molecule has 0 spiro atoms. The number of carbonyl (C=O) groups excluding carboxylic acids is 1. The highest BCUT2D eigenvalue weighted by Gasteiger charge is 2.12. The van der Waals surface area contributed by atoms with Crippen molar-refractivity contribution >= 4 is 55.6 Å². The fourth-order valence-electron chi connectivity index (χ4n) is 2.58. The monoisotopic (exact) mass is 505 g/mol. The first-order valence-electron chi connectivity index (χ1n) is 9.04. The molecule has 0 fully saturated rings. The molecule has 2 aromatic carbocycles. The van der Waals surface area contributed by atoms with Crippen molar-refractivity contribution in [2.75, 3.05) is 12.4 Å². The molecule has 1 heterocycles. The fraction of sp³-hybridized carbons (Fsp3) is 0.190. The molecule has 0 atom stereocenters. The number of anilines is 1. The number of benzene rings is 2. The molecule has 2 N–H and O–H groups in total. The summed E-state index contributed by atoms with van der Waals surface area (Å²) >= 11 is 10.1. The Hall–Kier alpha value is -2.49. The van der Waals surface area contributed by atoms with Gasteiger partial charge in [-0.05, 0) is 78.4 Å². The highest BCUT2D eigenvalue weighted by molar-refractivity contribution is 9.10. The van der Waals surface area contributed by atoms with Crippen molar-refractivity contribution in [3.05, 3.63) is 57.9 Å². The first-order valence-corrected chi connectivity index (χ1v) is 11.1. The maximum Gasteiger partial charge on any atom is 0.257 e. The second-order valence-electron chi connectivity index (χ2n) is 6.49. The Morgan fingerprint density at radius 2 is 2.03 bits per heavy atom. The predicted octanol–water partition coefficient (Wildman–Crippen LogP) is 5.50. The number of nitrogens with zero attached hydrogens (tertiary/aromatic N) is 1. The highest BCUT2D eigenvalue weighted by atomic mass is 79.9. The van der Waals surface area contributed by atoms with E-state index >= 15 is 0 Å². The van der Waals surface area contributed by atoms with E-state index in [-0.39, 0.29) is 17.1 Å². The molecule has 9 heteroatoms. The Morgan fingerprint density at radius 3 is 2.73 bits per heavy atom. The zero-order chi connectivity index (χ0) is 21.7. The topological polar surface area (TPSA) is 72.5 Å². The smallest absolute Gasteiger partial charge is 0.257 e. The number of methoxy groups -OCH3 is 1. The zero-order valence-corrected chi connectivity index (χ0v) is 19.8. The van der Waals surface area contributed by atoms with Crippen molar-refractivity contribution in [2.24, 2.45) is 0 Å². The van der Waals surface area contributed by atoms with Crippen LogP contribution in [0.1, 0.15) is 24.2 Å². The van der Waals surface area contributed by atoms with Crippen molar-refractivity contribution < 1.29 is 14.3 Å². The Balaban J connectivity index is 1.63. The first-order chi connectivity index (χ1) is 14.4. The minimum Gasteiger partial charge on any atom is -0.496 e. The number of thiocarbonyl (C=S) groups is 1. The van der Waals surface area contributed by atoms with Crippen LogP contribution in [0.2, 0.25) is 0 Å². The van der Waals surface area contributed by atoms with Gasteiger partial charge in [-0.3, -0.25) is 10.1 Å². The van der Waals surface area contributed by atoms with Crippen LogP contribution in [0.25, 0.3) is 11.3 Å². The summed E-state index contributed by atoms with van der Waals surface area (Å²) < 4.78 is 11.7. The van der Waals surface area contributed by atoms with Gasteiger partial charge in [0, 0.05) is 16.5 Å². The zero-order valence-electron chi connectivity index (χ0n) is 16.6. The summed E-state index contributed by atoms with van der Waals surface area (Å²) in [7, 11) is 1.62. The number of carbonyl (C=O) groups is 1. The number of thiazole rings is 1. The van der Waals surface area contributed by atoms with Gasteiger partial charge in [0.15, 0.2) is 10.2 Å². The molecule has 0 unspecified atom stereocenters. The summed E-state index contributed by atoms with van der Waals surface area (Å²) in [5.41, 5.74) is 2.18. The second kappa shape index (κ2) is 10.0. The summed E-state index contributed by atoms with van der Waals surface area (Å²) in [5, 5.41) is 8.29. The molecule has 0 saturated carbocycles. The second-order valence-corrected chi connectivity index (χ2v) is 8.61. The van der Waals surface area contributed by atoms with Gasteiger partial charge >= 0.3 is 0 Å². The van der Waals surface area contributed by atoms with E-state index in [1.54, 1.807) is 25.3 Å². The summed E-state index contributed by atoms with van der Waals surface area (Å²) in [5.74, 6) is 1.06. The Labute approximate surface area is 192 Å². The van der Waals surface area contributed by atoms with Gasteiger partial charge in [0.1, 0.15) is 11.5 Å². The van der Waals surface area contributed by atoms with Crippen LogP contribution in [-0.4, -0.2) is 29.2 Å². The SMILES string of the molecule is COc1ccc(-c2csc(NC(=S)NC(=O)c3cccc(OC(C)C)c3)n2)cc1Br. The minimum atomic E-state index is -0.322. The molecule has 3 aromatic rings. The van der Waals surface area contributed by atoms with Gasteiger partial charge in [0.05, 0.1) is 23.4 Å². The molecular weight excluding hydrogens is 486 g/mol. The van der Waals surface area contributed by atoms with Gasteiger partial charge in [0.25, 0.3) is 5.91 Å². The minimum absolute atomic E-state index is 0.0245. The van der Waals surface area contributed by atoms with Crippen LogP contribution in [0.4, 0.5) is 5.13 Å². The predicted molar refractivity (Wildman–Crippen MR) is 128 cm³/mol. The normalized spacial score (nSPS) is 10.6. The van der Waals surface area contributed by atoms with Gasteiger partial charge in [-0.1, -0.05) is 6.07 Å². The maximum atomic E-state index is 12.5. The van der Waals surface area contributed by atoms with Crippen LogP contribution in [-0.2, 0) is 0 Å². The van der Waals surface area contributed by atoms with Gasteiger partial charge in [-0.15, -0.1) is 11.3 Å². The van der Waals surface area contributed by atoms with Crippen LogP contribution in [0.15, 0.2) is 52.3 Å². The number of hydrogen-bond donors (Lipinski definition) is 2. The number of aromatic nitrogens is 1. The van der Waals surface area contributed by atoms with E-state index < -0.39 is 0 Å². The molecule has 3 rings (SSSR count). The van der Waals surface area contributed by atoms with Crippen molar-refractivity contribution in [3.8, 4) is 22.8 Å². The Morgan fingerprint density at radius 1 is 1.23 bits per heavy atom. The van der Waals surface area contributed by atoms with Crippen molar-refractivity contribution in [1.29, 1.82) is 0 Å². The average molecular weight is 506 g/mol. The summed E-state index contributed by atoms with van der Waals surface area (Å²) in [4.78, 5) is 17.0. The third-order valence-corrected chi connectivity index (χ3v) is 5.45. The fourth-order valence-corrected chi connectivity index (χ4v) is 4.09. The first kappa shape index (κ1) is 22.2. The molecule has 1 amide bonds. The molecule has 0 saturated heterocycles. The van der Waals surface area contributed by atoms with E-state index in [2.05, 4.69) is 31.5 Å². The average Bonchev–Trinajstić information content (AvgIpc) is 3.15. The molecular formula is C21H20BrN3O3S2. The molecule has 0 radical (unpaired) electrons. The van der Waals surface area contributed by atoms with Crippen LogP contribution >= 0.6 is 39.5 Å². The molecule has 0 aliphatic heterocycles. The van der Waals surface area contributed by atoms with Crippen molar-refractivity contribution in [1.82, 2.24) is 10.3 Å². The van der Waals surface area contributed by atoms with Gasteiger partial charge < -0.3 is 14.8 Å². The highest BCUT2D eigenvalue weighted by Crippen LogP contribution is 2.32. The number of rotatable bonds is 6. The lowest BCUT2D eigenvalue weighted by Gasteiger charge is -2.11. The molecule has 0 aliphatic carbocycles. The number of nitrogens with one attached hydrogen (secondary N) is 2. The third-order valence-electron chi connectivity index (χ3n) is 3.87. The molecule has 6 nitrogen and oxygen atoms in total. The summed E-state index contributed by atoms with van der Waals surface area (Å²) in [6.07, 6.45) is 0.0245. The lowest BCUT2D eigenvalue weighted by atomic mass is 10.2. The van der Waals surface area contributed by atoms with E-state index in [4.69, 9.17) is 21.7 Å². The summed E-state index contributed by atoms with van der Waals surface area (Å²) in [6, 6.07) is 12.7. The van der Waals surface area contributed by atoms with Crippen molar-refractivity contribution in [2.45, 2.75) is 20.0 Å². The Kier molecular flexibility index (Phi) is 7.41. The van der Waals surface area contributed by atoms with E-state index in [9.17, 15) is 4.79 Å². The summed E-state index contributed by atoms with van der Waals surface area (Å²) in [6.45, 7) is 3.86. The molecule has 30 heavy (non-hydrogen) atoms. The van der Waals surface area contributed by atoms with E-state index in [0.29, 0.717) is 16.4 Å². The number of ether oxygens (including phenoxy) is 2. The van der Waals surface area contributed by atoms with Crippen LogP contribution in [0, 0.1) is 0 Å². The van der Waals surface area contributed by atoms with E-state index in [1.807, 2.05) is 43.5 Å².